The number of sulfonamides is 1. The zero-order valence-electron chi connectivity index (χ0n) is 14.4. The molecule has 1 aliphatic heterocycles. The minimum Gasteiger partial charge on any atom is -0.451 e. The molecule has 2 aliphatic rings. The normalized spacial score (nSPS) is 21.0. The van der Waals surface area contributed by atoms with Crippen LogP contribution in [0.2, 0.25) is 0 Å². The topological polar surface area (TPSA) is 114 Å². The Morgan fingerprint density at radius 3 is 2.73 bits per heavy atom. The molecule has 2 N–H and O–H groups in total. The van der Waals surface area contributed by atoms with Gasteiger partial charge < -0.3 is 10.1 Å². The molecule has 1 aliphatic carbocycles. The molecule has 0 aromatic heterocycles. The van der Waals surface area contributed by atoms with Crippen LogP contribution in [-0.4, -0.2) is 44.8 Å². The lowest BCUT2D eigenvalue weighted by molar-refractivity contribution is -0.153. The van der Waals surface area contributed by atoms with Crippen LogP contribution in [0, 0.1) is 0 Å². The third kappa shape index (κ3) is 4.04. The molecule has 1 aromatic carbocycles. The predicted octanol–water partition coefficient (Wildman–Crippen LogP) is 0.716. The van der Waals surface area contributed by atoms with Crippen LogP contribution in [0.3, 0.4) is 0 Å². The van der Waals surface area contributed by atoms with Crippen LogP contribution in [-0.2, 0) is 24.3 Å². The van der Waals surface area contributed by atoms with Crippen molar-refractivity contribution >= 4 is 27.7 Å². The van der Waals surface area contributed by atoms with Crippen LogP contribution < -0.4 is 10.0 Å². The first-order chi connectivity index (χ1) is 12.4. The Labute approximate surface area is 152 Å². The Morgan fingerprint density at radius 1 is 1.31 bits per heavy atom. The number of carbonyl (C=O) groups is 2. The molecule has 0 unspecified atom stereocenters. The smallest absolute Gasteiger partial charge is 0.328 e. The molecule has 26 heavy (non-hydrogen) atoms. The highest BCUT2D eigenvalue weighted by Gasteiger charge is 2.30. The number of carbonyl (C=O) groups excluding carboxylic acids is 2. The highest BCUT2D eigenvalue weighted by molar-refractivity contribution is 7.90. The van der Waals surface area contributed by atoms with E-state index < -0.39 is 22.1 Å². The van der Waals surface area contributed by atoms with E-state index >= 15 is 0 Å². The van der Waals surface area contributed by atoms with Crippen LogP contribution in [0.15, 0.2) is 34.2 Å². The lowest BCUT2D eigenvalue weighted by Crippen LogP contribution is -2.41. The Bertz CT molecular complexity index is 844. The Kier molecular flexibility index (Phi) is 5.26. The van der Waals surface area contributed by atoms with Gasteiger partial charge in [0.25, 0.3) is 15.9 Å². The van der Waals surface area contributed by atoms with Gasteiger partial charge in [-0.2, -0.15) is 0 Å². The standard InChI is InChI=1S/C17H21N3O5S/c1-11(17(22)19-12-6-2-3-7-12)25-15(21)10-18-16-13-8-4-5-9-14(13)26(23,24)20-16/h4-5,8-9,11-12H,2-3,6-7,10H2,1H3,(H,18,20)(H,19,22)/t11-/m1/s1. The van der Waals surface area contributed by atoms with Crippen molar-refractivity contribution in [2.75, 3.05) is 6.54 Å². The van der Waals surface area contributed by atoms with Crippen molar-refractivity contribution in [3.8, 4) is 0 Å². The van der Waals surface area contributed by atoms with Crippen LogP contribution in [0.1, 0.15) is 38.2 Å². The number of aliphatic imine (C=N–C) groups is 1. The van der Waals surface area contributed by atoms with E-state index in [0.29, 0.717) is 5.56 Å². The molecule has 1 atom stereocenters. The number of amidine groups is 1. The SMILES string of the molecule is C[C@@H](OC(=O)CN=C1NS(=O)(=O)c2ccccc21)C(=O)NC1CCCC1. The first-order valence-corrected chi connectivity index (χ1v) is 10.0. The molecule has 8 nitrogen and oxygen atoms in total. The van der Waals surface area contributed by atoms with Crippen molar-refractivity contribution in [2.24, 2.45) is 4.99 Å². The second-order valence-electron chi connectivity index (χ2n) is 6.39. The van der Waals surface area contributed by atoms with Crippen LogP contribution >= 0.6 is 0 Å². The molecule has 1 amide bonds. The number of ether oxygens (including phenoxy) is 1. The molecular weight excluding hydrogens is 358 g/mol. The van der Waals surface area contributed by atoms with Gasteiger partial charge in [0.05, 0.1) is 4.90 Å². The minimum atomic E-state index is -3.65. The third-order valence-electron chi connectivity index (χ3n) is 4.41. The molecule has 9 heteroatoms. The minimum absolute atomic E-state index is 0.0978. The summed E-state index contributed by atoms with van der Waals surface area (Å²) in [6.07, 6.45) is 3.15. The molecular formula is C17H21N3O5S. The maximum absolute atomic E-state index is 12.0. The molecule has 1 fully saturated rings. The summed E-state index contributed by atoms with van der Waals surface area (Å²) in [6, 6.07) is 6.51. The van der Waals surface area contributed by atoms with E-state index in [1.807, 2.05) is 0 Å². The summed E-state index contributed by atoms with van der Waals surface area (Å²) in [5.74, 6) is -0.930. The van der Waals surface area contributed by atoms with E-state index in [1.54, 1.807) is 18.2 Å². The van der Waals surface area contributed by atoms with E-state index in [2.05, 4.69) is 15.0 Å². The van der Waals surface area contributed by atoms with Gasteiger partial charge in [-0.05, 0) is 31.9 Å². The summed E-state index contributed by atoms with van der Waals surface area (Å²) < 4.78 is 31.4. The van der Waals surface area contributed by atoms with Gasteiger partial charge in [-0.3, -0.25) is 19.3 Å². The molecule has 0 saturated heterocycles. The predicted molar refractivity (Wildman–Crippen MR) is 94.1 cm³/mol. The molecule has 0 bridgehead atoms. The highest BCUT2D eigenvalue weighted by atomic mass is 32.2. The summed E-state index contributed by atoms with van der Waals surface area (Å²) in [7, 11) is -3.65. The van der Waals surface area contributed by atoms with Crippen molar-refractivity contribution in [1.82, 2.24) is 10.0 Å². The van der Waals surface area contributed by atoms with Crippen LogP contribution in [0.4, 0.5) is 0 Å². The van der Waals surface area contributed by atoms with Crippen molar-refractivity contribution in [2.45, 2.75) is 49.6 Å². The molecule has 140 valence electrons. The Morgan fingerprint density at radius 2 is 2.00 bits per heavy atom. The van der Waals surface area contributed by atoms with Gasteiger partial charge in [0.2, 0.25) is 0 Å². The number of benzene rings is 1. The average Bonchev–Trinajstić information content (AvgIpc) is 3.19. The fraction of sp³-hybridized carbons (Fsp3) is 0.471. The van der Waals surface area contributed by atoms with Gasteiger partial charge in [-0.15, -0.1) is 0 Å². The lowest BCUT2D eigenvalue weighted by atomic mass is 10.2. The second kappa shape index (κ2) is 7.45. The lowest BCUT2D eigenvalue weighted by Gasteiger charge is -2.16. The van der Waals surface area contributed by atoms with Crippen molar-refractivity contribution in [3.63, 3.8) is 0 Å². The maximum Gasteiger partial charge on any atom is 0.328 e. The Balaban J connectivity index is 1.57. The van der Waals surface area contributed by atoms with Gasteiger partial charge in [0.1, 0.15) is 12.4 Å². The quantitative estimate of drug-likeness (QED) is 0.732. The Hall–Kier alpha value is -2.42. The first-order valence-electron chi connectivity index (χ1n) is 8.53. The molecule has 0 radical (unpaired) electrons. The number of esters is 1. The van der Waals surface area contributed by atoms with Gasteiger partial charge in [0.15, 0.2) is 6.10 Å². The summed E-state index contributed by atoms with van der Waals surface area (Å²) in [4.78, 5) is 28.1. The van der Waals surface area contributed by atoms with E-state index in [-0.39, 0.29) is 29.2 Å². The van der Waals surface area contributed by atoms with E-state index in [4.69, 9.17) is 4.74 Å². The van der Waals surface area contributed by atoms with Crippen LogP contribution in [0.5, 0.6) is 0 Å². The zero-order chi connectivity index (χ0) is 18.7. The number of nitrogens with one attached hydrogen (secondary N) is 2. The molecule has 0 spiro atoms. The van der Waals surface area contributed by atoms with Gasteiger partial charge in [0, 0.05) is 11.6 Å². The van der Waals surface area contributed by atoms with E-state index in [1.165, 1.54) is 13.0 Å². The molecule has 1 saturated carbocycles. The molecule has 1 aromatic rings. The number of hydrogen-bond donors (Lipinski definition) is 2. The largest absolute Gasteiger partial charge is 0.451 e. The number of rotatable bonds is 5. The van der Waals surface area contributed by atoms with Crippen molar-refractivity contribution < 1.29 is 22.7 Å². The van der Waals surface area contributed by atoms with Crippen molar-refractivity contribution in [1.29, 1.82) is 0 Å². The van der Waals surface area contributed by atoms with Gasteiger partial charge in [-0.25, -0.2) is 8.42 Å². The fourth-order valence-electron chi connectivity index (χ4n) is 3.07. The number of nitrogens with zero attached hydrogens (tertiary/aromatic N) is 1. The maximum atomic E-state index is 12.0. The third-order valence-corrected chi connectivity index (χ3v) is 5.81. The van der Waals surface area contributed by atoms with Crippen LogP contribution in [0.25, 0.3) is 0 Å². The zero-order valence-corrected chi connectivity index (χ0v) is 15.2. The summed E-state index contributed by atoms with van der Waals surface area (Å²) in [5, 5.41) is 2.86. The summed E-state index contributed by atoms with van der Waals surface area (Å²) in [6.45, 7) is 1.12. The molecule has 3 rings (SSSR count). The van der Waals surface area contributed by atoms with Gasteiger partial charge in [-0.1, -0.05) is 25.0 Å². The highest BCUT2D eigenvalue weighted by Crippen LogP contribution is 2.22. The second-order valence-corrected chi connectivity index (χ2v) is 8.04. The number of fused-ring (bicyclic) bond motifs is 1. The fourth-order valence-corrected chi connectivity index (χ4v) is 4.32. The monoisotopic (exact) mass is 379 g/mol. The number of amides is 1. The first kappa shape index (κ1) is 18.4. The summed E-state index contributed by atoms with van der Waals surface area (Å²) in [5.41, 5.74) is 0.410. The average molecular weight is 379 g/mol. The van der Waals surface area contributed by atoms with E-state index in [9.17, 15) is 18.0 Å². The van der Waals surface area contributed by atoms with Gasteiger partial charge >= 0.3 is 5.97 Å². The molecule has 1 heterocycles. The van der Waals surface area contributed by atoms with Crippen molar-refractivity contribution in [3.05, 3.63) is 29.8 Å². The number of hydrogen-bond acceptors (Lipinski definition) is 6. The van der Waals surface area contributed by atoms with E-state index in [0.717, 1.165) is 25.7 Å². The summed E-state index contributed by atoms with van der Waals surface area (Å²) >= 11 is 0.